The lowest BCUT2D eigenvalue weighted by atomic mass is 9.95. The Balaban J connectivity index is 1.67. The van der Waals surface area contributed by atoms with Gasteiger partial charge in [0.15, 0.2) is 0 Å². The van der Waals surface area contributed by atoms with E-state index in [0.29, 0.717) is 18.4 Å². The van der Waals surface area contributed by atoms with Gasteiger partial charge < -0.3 is 19.6 Å². The number of fused-ring (bicyclic) bond motifs is 1. The molecule has 4 heterocycles. The quantitative estimate of drug-likeness (QED) is 0.682. The molecule has 0 radical (unpaired) electrons. The standard InChI is InChI=1S/C21H23N5O2/c1-4-5-18(27)26-11-13(2)8-15(12-26)25-19-16-6-7-22-20(16)23-10-17(19)21-24-9-14(3)28-21/h1,6-7,9-10,13,15H,5,8,11-12H2,2-3H3,(H2,22,23,25)/t13-,15+/m0/s1. The van der Waals surface area contributed by atoms with Crippen molar-refractivity contribution in [2.24, 2.45) is 5.92 Å². The number of aryl methyl sites for hydroxylation is 1. The van der Waals surface area contributed by atoms with E-state index in [1.807, 2.05) is 24.1 Å². The van der Waals surface area contributed by atoms with Gasteiger partial charge >= 0.3 is 0 Å². The van der Waals surface area contributed by atoms with Crippen molar-refractivity contribution in [2.75, 3.05) is 18.4 Å². The fourth-order valence-electron chi connectivity index (χ4n) is 3.87. The minimum absolute atomic E-state index is 0.00548. The molecule has 0 saturated carbocycles. The number of oxazole rings is 1. The maximum Gasteiger partial charge on any atom is 0.234 e. The third-order valence-electron chi connectivity index (χ3n) is 5.05. The highest BCUT2D eigenvalue weighted by Gasteiger charge is 2.29. The van der Waals surface area contributed by atoms with Gasteiger partial charge in [0, 0.05) is 36.9 Å². The Kier molecular flexibility index (Phi) is 4.78. The second-order valence-corrected chi connectivity index (χ2v) is 7.42. The topological polar surface area (TPSA) is 87.1 Å². The Hall–Kier alpha value is -3.27. The minimum Gasteiger partial charge on any atom is -0.441 e. The van der Waals surface area contributed by atoms with Gasteiger partial charge in [0.05, 0.1) is 23.9 Å². The highest BCUT2D eigenvalue weighted by Crippen LogP contribution is 2.34. The molecule has 4 rings (SSSR count). The number of nitrogens with zero attached hydrogens (tertiary/aromatic N) is 3. The Bertz CT molecular complexity index is 1040. The number of hydrogen-bond donors (Lipinski definition) is 2. The summed E-state index contributed by atoms with van der Waals surface area (Å²) in [7, 11) is 0. The van der Waals surface area contributed by atoms with Crippen LogP contribution < -0.4 is 5.32 Å². The average Bonchev–Trinajstić information content (AvgIpc) is 3.30. The van der Waals surface area contributed by atoms with E-state index < -0.39 is 0 Å². The number of carbonyl (C=O) groups excluding carboxylic acids is 1. The lowest BCUT2D eigenvalue weighted by Gasteiger charge is -2.37. The summed E-state index contributed by atoms with van der Waals surface area (Å²) in [6, 6.07) is 2.08. The van der Waals surface area contributed by atoms with Crippen LogP contribution in [0.15, 0.2) is 29.1 Å². The number of amides is 1. The second-order valence-electron chi connectivity index (χ2n) is 7.42. The molecule has 1 saturated heterocycles. The number of hydrogen-bond acceptors (Lipinski definition) is 5. The molecule has 0 aromatic carbocycles. The number of anilines is 1. The van der Waals surface area contributed by atoms with Gasteiger partial charge in [-0.2, -0.15) is 0 Å². The molecule has 0 unspecified atom stereocenters. The van der Waals surface area contributed by atoms with Crippen molar-refractivity contribution in [1.82, 2.24) is 19.9 Å². The molecule has 1 amide bonds. The predicted octanol–water partition coefficient (Wildman–Crippen LogP) is 3.20. The van der Waals surface area contributed by atoms with Crippen LogP contribution in [0.1, 0.15) is 25.5 Å². The van der Waals surface area contributed by atoms with E-state index in [4.69, 9.17) is 10.8 Å². The first-order valence-corrected chi connectivity index (χ1v) is 9.41. The largest absolute Gasteiger partial charge is 0.441 e. The summed E-state index contributed by atoms with van der Waals surface area (Å²) in [6.45, 7) is 5.37. The number of likely N-dealkylation sites (tertiary alicyclic amines) is 1. The fraction of sp³-hybridized carbons (Fsp3) is 0.381. The van der Waals surface area contributed by atoms with Gasteiger partial charge in [0.1, 0.15) is 11.4 Å². The second kappa shape index (κ2) is 7.39. The van der Waals surface area contributed by atoms with E-state index in [-0.39, 0.29) is 18.4 Å². The summed E-state index contributed by atoms with van der Waals surface area (Å²) >= 11 is 0. The van der Waals surface area contributed by atoms with Gasteiger partial charge in [0.25, 0.3) is 0 Å². The number of pyridine rings is 1. The highest BCUT2D eigenvalue weighted by atomic mass is 16.4. The zero-order chi connectivity index (χ0) is 19.7. The third-order valence-corrected chi connectivity index (χ3v) is 5.05. The summed E-state index contributed by atoms with van der Waals surface area (Å²) in [4.78, 5) is 26.2. The maximum absolute atomic E-state index is 12.3. The van der Waals surface area contributed by atoms with Crippen molar-refractivity contribution in [2.45, 2.75) is 32.7 Å². The van der Waals surface area contributed by atoms with E-state index in [1.165, 1.54) is 0 Å². The third kappa shape index (κ3) is 3.46. The van der Waals surface area contributed by atoms with Gasteiger partial charge in [-0.3, -0.25) is 4.79 Å². The summed E-state index contributed by atoms with van der Waals surface area (Å²) in [5.41, 5.74) is 2.51. The number of aromatic amines is 1. The minimum atomic E-state index is 0.00548. The Labute approximate surface area is 163 Å². The monoisotopic (exact) mass is 377 g/mol. The van der Waals surface area contributed by atoms with Crippen LogP contribution >= 0.6 is 0 Å². The first kappa shape index (κ1) is 18.1. The van der Waals surface area contributed by atoms with E-state index in [2.05, 4.69) is 33.1 Å². The molecule has 7 nitrogen and oxygen atoms in total. The van der Waals surface area contributed by atoms with Crippen LogP contribution in [0, 0.1) is 25.2 Å². The van der Waals surface area contributed by atoms with Crippen molar-refractivity contribution in [3.8, 4) is 23.8 Å². The molecule has 0 spiro atoms. The predicted molar refractivity (Wildman–Crippen MR) is 108 cm³/mol. The van der Waals surface area contributed by atoms with E-state index in [0.717, 1.165) is 41.0 Å². The van der Waals surface area contributed by atoms with E-state index >= 15 is 0 Å². The van der Waals surface area contributed by atoms with Crippen LogP contribution in [0.25, 0.3) is 22.5 Å². The molecule has 0 bridgehead atoms. The molecule has 2 N–H and O–H groups in total. The molecule has 7 heteroatoms. The van der Waals surface area contributed by atoms with Crippen molar-refractivity contribution in [3.05, 3.63) is 30.4 Å². The molecule has 28 heavy (non-hydrogen) atoms. The number of carbonyl (C=O) groups is 1. The van der Waals surface area contributed by atoms with Gasteiger partial charge in [-0.05, 0) is 25.3 Å². The van der Waals surface area contributed by atoms with Crippen LogP contribution in [0.4, 0.5) is 5.69 Å². The number of piperidine rings is 1. The zero-order valence-corrected chi connectivity index (χ0v) is 16.0. The van der Waals surface area contributed by atoms with Gasteiger partial charge in [0.2, 0.25) is 11.8 Å². The summed E-state index contributed by atoms with van der Waals surface area (Å²) < 4.78 is 5.75. The van der Waals surface area contributed by atoms with Gasteiger partial charge in [-0.1, -0.05) is 12.8 Å². The van der Waals surface area contributed by atoms with Crippen LogP contribution in [-0.2, 0) is 4.79 Å². The van der Waals surface area contributed by atoms with Crippen molar-refractivity contribution >= 4 is 22.6 Å². The Morgan fingerprint density at radius 1 is 1.43 bits per heavy atom. The molecule has 1 aliphatic rings. The van der Waals surface area contributed by atoms with Crippen LogP contribution in [0.3, 0.4) is 0 Å². The lowest BCUT2D eigenvalue weighted by Crippen LogP contribution is -2.48. The number of aromatic nitrogens is 3. The van der Waals surface area contributed by atoms with E-state index in [9.17, 15) is 4.79 Å². The number of rotatable bonds is 4. The molecular formula is C21H23N5O2. The molecular weight excluding hydrogens is 354 g/mol. The summed E-state index contributed by atoms with van der Waals surface area (Å²) in [5.74, 6) is 4.11. The van der Waals surface area contributed by atoms with Gasteiger partial charge in [-0.15, -0.1) is 6.42 Å². The molecule has 1 aliphatic heterocycles. The smallest absolute Gasteiger partial charge is 0.234 e. The molecule has 3 aromatic rings. The van der Waals surface area contributed by atoms with E-state index in [1.54, 1.807) is 12.4 Å². The van der Waals surface area contributed by atoms with Crippen molar-refractivity contribution < 1.29 is 9.21 Å². The first-order chi connectivity index (χ1) is 13.5. The fourth-order valence-corrected chi connectivity index (χ4v) is 3.87. The first-order valence-electron chi connectivity index (χ1n) is 9.41. The Morgan fingerprint density at radius 2 is 2.29 bits per heavy atom. The Morgan fingerprint density at radius 3 is 3.04 bits per heavy atom. The maximum atomic E-state index is 12.3. The van der Waals surface area contributed by atoms with Crippen molar-refractivity contribution in [3.63, 3.8) is 0 Å². The lowest BCUT2D eigenvalue weighted by molar-refractivity contribution is -0.131. The highest BCUT2D eigenvalue weighted by molar-refractivity contribution is 5.97. The van der Waals surface area contributed by atoms with Crippen molar-refractivity contribution in [1.29, 1.82) is 0 Å². The SMILES string of the molecule is C#CCC(=O)N1C[C@@H](C)C[C@@H](Nc2c(-c3ncc(C)o3)cnc3[nH]ccc23)C1. The van der Waals surface area contributed by atoms with Crippen LogP contribution in [0.2, 0.25) is 0 Å². The molecule has 144 valence electrons. The number of nitrogens with one attached hydrogen (secondary N) is 2. The molecule has 1 fully saturated rings. The van der Waals surface area contributed by atoms with Crippen LogP contribution in [-0.4, -0.2) is 44.9 Å². The molecule has 2 atom stereocenters. The van der Waals surface area contributed by atoms with Crippen LogP contribution in [0.5, 0.6) is 0 Å². The van der Waals surface area contributed by atoms with Gasteiger partial charge in [-0.25, -0.2) is 9.97 Å². The molecule has 0 aliphatic carbocycles. The normalized spacial score (nSPS) is 19.5. The summed E-state index contributed by atoms with van der Waals surface area (Å²) in [5, 5.41) is 4.60. The number of H-pyrrole nitrogens is 1. The number of terminal acetylenes is 1. The average molecular weight is 377 g/mol. The zero-order valence-electron chi connectivity index (χ0n) is 16.0. The molecule has 3 aromatic heterocycles. The summed E-state index contributed by atoms with van der Waals surface area (Å²) in [6.07, 6.45) is 11.7.